The Morgan fingerprint density at radius 1 is 0.679 bits per heavy atom. The van der Waals surface area contributed by atoms with Gasteiger partial charge >= 0.3 is 6.09 Å². The van der Waals surface area contributed by atoms with Gasteiger partial charge in [0.25, 0.3) is 11.8 Å². The van der Waals surface area contributed by atoms with Gasteiger partial charge < -0.3 is 69.5 Å². The van der Waals surface area contributed by atoms with E-state index < -0.39 is 73.1 Å². The van der Waals surface area contributed by atoms with Crippen molar-refractivity contribution in [2.45, 2.75) is 136 Å². The minimum absolute atomic E-state index is 0.0198. The first-order valence-corrected chi connectivity index (χ1v) is 36.6. The first-order valence-electron chi connectivity index (χ1n) is 36.6. The van der Waals surface area contributed by atoms with E-state index >= 15 is 0 Å². The maximum Gasteiger partial charge on any atom is 0.416 e. The van der Waals surface area contributed by atoms with Crippen molar-refractivity contribution in [1.29, 1.82) is 0 Å². The van der Waals surface area contributed by atoms with Crippen molar-refractivity contribution in [3.8, 4) is 51.3 Å². The highest BCUT2D eigenvalue weighted by molar-refractivity contribution is 6.08. The molecule has 0 radical (unpaired) electrons. The largest absolute Gasteiger partial charge is 0.497 e. The van der Waals surface area contributed by atoms with E-state index in [1.807, 2.05) is 97.5 Å². The molecule has 0 bridgehead atoms. The third-order valence-electron chi connectivity index (χ3n) is 20.7. The number of carbonyl (C=O) groups excluding carboxylic acids is 9. The Kier molecular flexibility index (Phi) is 22.3. The molecular weight excluding hydrogens is 1400 g/mol. The van der Waals surface area contributed by atoms with Crippen molar-refractivity contribution in [3.63, 3.8) is 0 Å². The van der Waals surface area contributed by atoms with Crippen molar-refractivity contribution < 1.29 is 76.7 Å². The maximum absolute atomic E-state index is 14.5. The molecule has 5 aliphatic heterocycles. The molecule has 7 aromatic rings. The first-order chi connectivity index (χ1) is 52.5. The highest BCUT2D eigenvalue weighted by atomic mass is 16.6. The summed E-state index contributed by atoms with van der Waals surface area (Å²) in [6.07, 6.45) is 3.89. The number of nitrogens with one attached hydrogen (secondary N) is 4. The Morgan fingerprint density at radius 3 is 2.05 bits per heavy atom. The van der Waals surface area contributed by atoms with Gasteiger partial charge in [-0.2, -0.15) is 0 Å². The fourth-order valence-corrected chi connectivity index (χ4v) is 14.5. The number of aliphatic hydroxyl groups is 1. The number of carbonyl (C=O) groups is 9. The number of amides is 8. The van der Waals surface area contributed by atoms with E-state index in [2.05, 4.69) is 31.6 Å². The number of aromatic nitrogens is 3. The van der Waals surface area contributed by atoms with Crippen LogP contribution in [-0.2, 0) is 53.1 Å². The van der Waals surface area contributed by atoms with Crippen LogP contribution in [0.1, 0.15) is 129 Å². The highest BCUT2D eigenvalue weighted by Gasteiger charge is 2.58. The van der Waals surface area contributed by atoms with E-state index in [-0.39, 0.29) is 109 Å². The lowest BCUT2D eigenvalue weighted by Gasteiger charge is -2.31. The summed E-state index contributed by atoms with van der Waals surface area (Å²) >= 11 is 0. The molecule has 5 N–H and O–H groups in total. The molecule has 5 atom stereocenters. The molecule has 1 aromatic heterocycles. The fraction of sp³-hybridized carbons (Fsp3) is 0.383. The highest BCUT2D eigenvalue weighted by Crippen LogP contribution is 2.57. The minimum Gasteiger partial charge on any atom is -0.497 e. The number of methoxy groups -OCH3 is 3. The number of fused-ring (bicyclic) bond motifs is 9. The molecule has 109 heavy (non-hydrogen) atoms. The molecule has 1 unspecified atom stereocenters. The summed E-state index contributed by atoms with van der Waals surface area (Å²) in [5.74, 6) is -2.43. The smallest absolute Gasteiger partial charge is 0.416 e. The normalized spacial score (nSPS) is 17.5. The van der Waals surface area contributed by atoms with Gasteiger partial charge in [-0.1, -0.05) is 97.9 Å². The summed E-state index contributed by atoms with van der Waals surface area (Å²) in [4.78, 5) is 134. The average molecular weight is 1490 g/mol. The lowest BCUT2D eigenvalue weighted by atomic mass is 9.95. The topological polar surface area (TPSA) is 333 Å². The monoisotopic (exact) mass is 1480 g/mol. The molecule has 8 amide bonds. The molecule has 6 aromatic carbocycles. The van der Waals surface area contributed by atoms with E-state index in [1.165, 1.54) is 33.3 Å². The summed E-state index contributed by atoms with van der Waals surface area (Å²) in [7, 11) is 4.54. The van der Waals surface area contributed by atoms with Crippen LogP contribution in [0.4, 0.5) is 21.9 Å². The lowest BCUT2D eigenvalue weighted by molar-refractivity contribution is -0.132. The standard InChI is InChI=1S/C81H88N12O16/c1-46(2)73(86-71(97)41-84-70(96)40-83-69(95)26-27-72(98)90-42-52-14-9-10-15-56(52)75-74(87-88-93(75)47(3)4)57-16-11-12-17-61(57)90)76(99)85-48(5)64(94)32-49-18-20-50(21-19-49)44-109-80(103)92-62-37-68(66(106-8)35-59(62)78(101)91-45-81(28-29-81)38-63(91)79(92)102)108-31-13-30-107-67-36-60-58(34-65(67)105-7)77(100)89-43-53(33-54(89)39-82-60)51-22-24-55(104-6)25-23-51/h9-12,14-25,34-37,39,43,46-48,54,63,73,79,102H,13,26-33,38,40-42,44-45H2,1-8H3,(H,83,95)(H,84,96)(H,85,99)(H,86,97)/t48-,54-,63-,73-,79?/m0/s1. The fourth-order valence-electron chi connectivity index (χ4n) is 14.5. The van der Waals surface area contributed by atoms with Crippen molar-refractivity contribution in [2.75, 3.05) is 64.0 Å². The number of aliphatic imine (C=N–C) groups is 1. The number of hydrogen-bond acceptors (Lipinski definition) is 19. The second-order valence-electron chi connectivity index (χ2n) is 28.8. The van der Waals surface area contributed by atoms with Crippen LogP contribution >= 0.6 is 0 Å². The van der Waals surface area contributed by atoms with Crippen LogP contribution < -0.4 is 54.8 Å². The van der Waals surface area contributed by atoms with Crippen LogP contribution in [0.15, 0.2) is 133 Å². The molecule has 2 fully saturated rings. The summed E-state index contributed by atoms with van der Waals surface area (Å²) < 4.78 is 37.1. The van der Waals surface area contributed by atoms with Crippen molar-refractivity contribution >= 4 is 82.1 Å². The number of ketones is 1. The van der Waals surface area contributed by atoms with Crippen molar-refractivity contribution in [1.82, 2.24) is 46.1 Å². The first kappa shape index (κ1) is 75.3. The molecule has 1 aliphatic carbocycles. The molecule has 28 nitrogen and oxygen atoms in total. The number of hydrogen-bond donors (Lipinski definition) is 5. The SMILES string of the molecule is COc1ccc(C2=CN3C(=O)c4cc(OC)c(OCCCOc5cc6c(cc5OC)C(=O)N5CC7(CC7)C[C@H]5C(O)N6C(=O)OCc5ccc(CC(=O)[C@H](C)NC(=O)[C@@H](NC(=O)CNC(=O)CNC(=O)CCC(=O)N6Cc7ccccc7-c7c(nnn7C(C)C)-c7ccccc76)C(C)C)cc5)cc4N=C[C@@H]3C2)cc1. The van der Waals surface area contributed by atoms with Crippen LogP contribution in [0.25, 0.3) is 28.1 Å². The van der Waals surface area contributed by atoms with Gasteiger partial charge in [0.05, 0.1) is 106 Å². The predicted molar refractivity (Wildman–Crippen MR) is 402 cm³/mol. The average Bonchev–Trinajstić information content (AvgIpc) is 1.82. The number of anilines is 2. The van der Waals surface area contributed by atoms with E-state index in [0.29, 0.717) is 71.1 Å². The summed E-state index contributed by atoms with van der Waals surface area (Å²) in [5.41, 5.74) is 8.50. The second-order valence-corrected chi connectivity index (χ2v) is 28.8. The molecule has 6 aliphatic rings. The minimum atomic E-state index is -1.50. The molecule has 6 heterocycles. The quantitative estimate of drug-likeness (QED) is 0.0300. The molecule has 28 heteroatoms. The molecule has 13 rings (SSSR count). The zero-order chi connectivity index (χ0) is 76.9. The van der Waals surface area contributed by atoms with E-state index in [9.17, 15) is 48.3 Å². The number of Topliss-reactive ketones (excluding diaryl/α,β-unsaturated/α-hetero) is 1. The van der Waals surface area contributed by atoms with E-state index in [4.69, 9.17) is 33.4 Å². The van der Waals surface area contributed by atoms with E-state index in [1.54, 1.807) is 78.3 Å². The number of nitrogens with zero attached hydrogens (tertiary/aromatic N) is 8. The summed E-state index contributed by atoms with van der Waals surface area (Å²) in [6, 6.07) is 32.8. The van der Waals surface area contributed by atoms with Crippen LogP contribution in [0.3, 0.4) is 0 Å². The third kappa shape index (κ3) is 16.2. The number of aliphatic hydroxyl groups excluding tert-OH is 1. The second kappa shape index (κ2) is 32.3. The van der Waals surface area contributed by atoms with Gasteiger partial charge in [-0.05, 0) is 110 Å². The van der Waals surface area contributed by atoms with Gasteiger partial charge in [0, 0.05) is 80.4 Å². The van der Waals surface area contributed by atoms with Gasteiger partial charge in [0.2, 0.25) is 29.5 Å². The zero-order valence-corrected chi connectivity index (χ0v) is 62.0. The van der Waals surface area contributed by atoms with Crippen LogP contribution in [-0.4, -0.2) is 174 Å². The van der Waals surface area contributed by atoms with Gasteiger partial charge in [-0.25, -0.2) is 14.4 Å². The van der Waals surface area contributed by atoms with Gasteiger partial charge in [0.15, 0.2) is 35.0 Å². The number of rotatable bonds is 27. The maximum atomic E-state index is 14.5. The Labute approximate surface area is 630 Å². The Hall–Kier alpha value is -11.9. The summed E-state index contributed by atoms with van der Waals surface area (Å²) in [5, 5.41) is 31.5. The van der Waals surface area contributed by atoms with Crippen LogP contribution in [0.2, 0.25) is 0 Å². The van der Waals surface area contributed by atoms with Crippen LogP contribution in [0, 0.1) is 11.3 Å². The van der Waals surface area contributed by atoms with Crippen molar-refractivity contribution in [2.24, 2.45) is 16.3 Å². The van der Waals surface area contributed by atoms with Crippen molar-refractivity contribution in [3.05, 3.63) is 161 Å². The molecule has 1 spiro atoms. The zero-order valence-electron chi connectivity index (χ0n) is 62.0. The Morgan fingerprint density at radius 2 is 1.35 bits per heavy atom. The molecule has 1 saturated carbocycles. The number of benzene rings is 6. The van der Waals surface area contributed by atoms with E-state index in [0.717, 1.165) is 57.0 Å². The Bertz CT molecular complexity index is 4760. The Balaban J connectivity index is 0.569. The van der Waals surface area contributed by atoms with Gasteiger partial charge in [0.1, 0.15) is 24.1 Å². The molecule has 1 saturated heterocycles. The molecular formula is C81H88N12O16. The lowest BCUT2D eigenvalue weighted by Crippen LogP contribution is -2.54. The third-order valence-corrected chi connectivity index (χ3v) is 20.7. The predicted octanol–water partition coefficient (Wildman–Crippen LogP) is 8.82. The van der Waals surface area contributed by atoms with Gasteiger partial charge in [-0.15, -0.1) is 5.10 Å². The van der Waals surface area contributed by atoms with Gasteiger partial charge in [-0.3, -0.25) is 43.3 Å². The summed E-state index contributed by atoms with van der Waals surface area (Å²) in [6.45, 7) is 8.61. The number of ether oxygens (including phenoxy) is 6. The number of para-hydroxylation sites is 1. The van der Waals surface area contributed by atoms with Crippen LogP contribution in [0.5, 0.6) is 28.7 Å². The molecule has 568 valence electrons.